The highest BCUT2D eigenvalue weighted by Crippen LogP contribution is 2.28. The van der Waals surface area contributed by atoms with Gasteiger partial charge in [-0.2, -0.15) is 0 Å². The summed E-state index contributed by atoms with van der Waals surface area (Å²) in [6, 6.07) is 1.75. The number of hydrogen-bond acceptors (Lipinski definition) is 6. The van der Waals surface area contributed by atoms with Crippen LogP contribution in [0.25, 0.3) is 0 Å². The Balaban J connectivity index is 1.89. The van der Waals surface area contributed by atoms with Gasteiger partial charge in [0.2, 0.25) is 0 Å². The van der Waals surface area contributed by atoms with E-state index in [4.69, 9.17) is 22.1 Å². The molecule has 2 aliphatic heterocycles. The van der Waals surface area contributed by atoms with Gasteiger partial charge in [0.15, 0.2) is 11.0 Å². The average molecular weight is 298 g/mol. The summed E-state index contributed by atoms with van der Waals surface area (Å²) in [5.41, 5.74) is 5.69. The Hall–Kier alpha value is -1.44. The number of amides is 1. The molecule has 2 aliphatic rings. The van der Waals surface area contributed by atoms with Gasteiger partial charge in [-0.25, -0.2) is 0 Å². The zero-order valence-corrected chi connectivity index (χ0v) is 11.9. The Labute approximate surface area is 121 Å². The molecule has 0 aromatic carbocycles. The third-order valence-corrected chi connectivity index (χ3v) is 4.07. The molecule has 0 bridgehead atoms. The first-order chi connectivity index (χ1) is 9.56. The van der Waals surface area contributed by atoms with Crippen molar-refractivity contribution in [2.45, 2.75) is 12.1 Å². The second-order valence-electron chi connectivity index (χ2n) is 5.13. The van der Waals surface area contributed by atoms with Crippen LogP contribution >= 0.6 is 11.6 Å². The van der Waals surface area contributed by atoms with Gasteiger partial charge in [0.1, 0.15) is 0 Å². The van der Waals surface area contributed by atoms with Gasteiger partial charge >= 0.3 is 0 Å². The second-order valence-corrected chi connectivity index (χ2v) is 5.52. The number of primary amides is 1. The lowest BCUT2D eigenvalue weighted by Gasteiger charge is -2.33. The van der Waals surface area contributed by atoms with Crippen LogP contribution in [0.5, 0.6) is 0 Å². The summed E-state index contributed by atoms with van der Waals surface area (Å²) in [4.78, 5) is 15.8. The molecule has 3 heterocycles. The van der Waals surface area contributed by atoms with Crippen molar-refractivity contribution in [2.24, 2.45) is 5.73 Å². The van der Waals surface area contributed by atoms with Crippen LogP contribution in [0.15, 0.2) is 6.07 Å². The molecule has 0 radical (unpaired) electrons. The summed E-state index contributed by atoms with van der Waals surface area (Å²) < 4.78 is 5.77. The van der Waals surface area contributed by atoms with Crippen LogP contribution in [0, 0.1) is 0 Å². The van der Waals surface area contributed by atoms with E-state index in [1.807, 2.05) is 4.90 Å². The number of halogens is 1. The Kier molecular flexibility index (Phi) is 3.49. The van der Waals surface area contributed by atoms with E-state index in [1.165, 1.54) is 6.07 Å². The standard InChI is InChI=1S/C12H16ClN5O2/c1-17-2-3-20-9-6-18(5-8(9)17)12-7(11(14)19)4-10(13)15-16-12/h4,8-9H,2-3,5-6H2,1H3,(H2,14,19). The number of likely N-dealkylation sites (N-methyl/N-ethyl adjacent to an activating group) is 1. The molecule has 2 atom stereocenters. The summed E-state index contributed by atoms with van der Waals surface area (Å²) in [6.45, 7) is 3.04. The largest absolute Gasteiger partial charge is 0.373 e. The van der Waals surface area contributed by atoms with E-state index < -0.39 is 5.91 Å². The maximum absolute atomic E-state index is 11.5. The molecule has 2 fully saturated rings. The van der Waals surface area contributed by atoms with E-state index in [0.29, 0.717) is 24.0 Å². The van der Waals surface area contributed by atoms with Crippen molar-refractivity contribution in [3.63, 3.8) is 0 Å². The van der Waals surface area contributed by atoms with Gasteiger partial charge < -0.3 is 15.4 Å². The molecular weight excluding hydrogens is 282 g/mol. The van der Waals surface area contributed by atoms with Gasteiger partial charge in [-0.05, 0) is 13.1 Å². The number of fused-ring (bicyclic) bond motifs is 1. The number of anilines is 1. The highest BCUT2D eigenvalue weighted by molar-refractivity contribution is 6.29. The molecule has 20 heavy (non-hydrogen) atoms. The molecule has 108 valence electrons. The lowest BCUT2D eigenvalue weighted by atomic mass is 10.1. The number of nitrogens with two attached hydrogens (primary N) is 1. The SMILES string of the molecule is CN1CCOC2CN(c3nnc(Cl)cc3C(N)=O)CC21. The first-order valence-electron chi connectivity index (χ1n) is 6.46. The van der Waals surface area contributed by atoms with Gasteiger partial charge in [-0.1, -0.05) is 11.6 Å². The highest BCUT2D eigenvalue weighted by atomic mass is 35.5. The molecular formula is C12H16ClN5O2. The van der Waals surface area contributed by atoms with E-state index in [9.17, 15) is 4.79 Å². The van der Waals surface area contributed by atoms with Crippen molar-refractivity contribution >= 4 is 23.3 Å². The Morgan fingerprint density at radius 2 is 2.30 bits per heavy atom. The summed E-state index contributed by atoms with van der Waals surface area (Å²) in [6.07, 6.45) is 0.118. The van der Waals surface area contributed by atoms with Gasteiger partial charge in [0, 0.05) is 19.6 Å². The second kappa shape index (κ2) is 5.16. The third-order valence-electron chi connectivity index (χ3n) is 3.89. The molecule has 0 aliphatic carbocycles. The van der Waals surface area contributed by atoms with Crippen LogP contribution in [0.4, 0.5) is 5.82 Å². The van der Waals surface area contributed by atoms with Gasteiger partial charge in [-0.3, -0.25) is 9.69 Å². The summed E-state index contributed by atoms with van der Waals surface area (Å²) in [5.74, 6) is -0.0748. The van der Waals surface area contributed by atoms with Crippen LogP contribution in [0.2, 0.25) is 5.15 Å². The predicted octanol–water partition coefficient (Wildman–Crippen LogP) is -0.252. The van der Waals surface area contributed by atoms with Crippen molar-refractivity contribution in [1.82, 2.24) is 15.1 Å². The minimum Gasteiger partial charge on any atom is -0.373 e. The Morgan fingerprint density at radius 1 is 1.50 bits per heavy atom. The fourth-order valence-corrected chi connectivity index (χ4v) is 2.95. The van der Waals surface area contributed by atoms with E-state index in [2.05, 4.69) is 22.1 Å². The molecule has 2 saturated heterocycles. The van der Waals surface area contributed by atoms with Crippen molar-refractivity contribution in [2.75, 3.05) is 38.2 Å². The van der Waals surface area contributed by atoms with Crippen molar-refractivity contribution in [3.05, 3.63) is 16.8 Å². The van der Waals surface area contributed by atoms with Crippen molar-refractivity contribution in [1.29, 1.82) is 0 Å². The number of carbonyl (C=O) groups excluding carboxylic acids is 1. The number of nitrogens with zero attached hydrogens (tertiary/aromatic N) is 4. The molecule has 2 unspecified atom stereocenters. The maximum Gasteiger partial charge on any atom is 0.252 e. The minimum atomic E-state index is -0.555. The predicted molar refractivity (Wildman–Crippen MR) is 73.9 cm³/mol. The van der Waals surface area contributed by atoms with E-state index in [1.54, 1.807) is 0 Å². The average Bonchev–Trinajstić information content (AvgIpc) is 2.84. The molecule has 1 aromatic heterocycles. The van der Waals surface area contributed by atoms with Crippen molar-refractivity contribution in [3.8, 4) is 0 Å². The van der Waals surface area contributed by atoms with Gasteiger partial charge in [0.25, 0.3) is 5.91 Å². The molecule has 3 rings (SSSR count). The number of aromatic nitrogens is 2. The Morgan fingerprint density at radius 3 is 3.00 bits per heavy atom. The molecule has 1 amide bonds. The fourth-order valence-electron chi connectivity index (χ4n) is 2.81. The number of rotatable bonds is 2. The van der Waals surface area contributed by atoms with Crippen molar-refractivity contribution < 1.29 is 9.53 Å². The molecule has 2 N–H and O–H groups in total. The zero-order chi connectivity index (χ0) is 14.3. The molecule has 0 spiro atoms. The monoisotopic (exact) mass is 297 g/mol. The van der Waals surface area contributed by atoms with E-state index >= 15 is 0 Å². The lowest BCUT2D eigenvalue weighted by Crippen LogP contribution is -2.48. The minimum absolute atomic E-state index is 0.118. The highest BCUT2D eigenvalue weighted by Gasteiger charge is 2.40. The van der Waals surface area contributed by atoms with Gasteiger partial charge in [-0.15, -0.1) is 10.2 Å². The van der Waals surface area contributed by atoms with Crippen LogP contribution in [-0.2, 0) is 4.74 Å². The van der Waals surface area contributed by atoms with E-state index in [-0.39, 0.29) is 11.3 Å². The molecule has 8 heteroatoms. The first-order valence-corrected chi connectivity index (χ1v) is 6.84. The first kappa shape index (κ1) is 13.5. The van der Waals surface area contributed by atoms with Crippen LogP contribution < -0.4 is 10.6 Å². The topological polar surface area (TPSA) is 84.6 Å². The number of hydrogen-bond donors (Lipinski definition) is 1. The van der Waals surface area contributed by atoms with E-state index in [0.717, 1.165) is 19.7 Å². The fraction of sp³-hybridized carbons (Fsp3) is 0.583. The lowest BCUT2D eigenvalue weighted by molar-refractivity contribution is -0.0362. The molecule has 1 aromatic rings. The maximum atomic E-state index is 11.5. The normalized spacial score (nSPS) is 26.6. The Bertz CT molecular complexity index is 541. The molecule has 7 nitrogen and oxygen atoms in total. The number of carbonyl (C=O) groups is 1. The summed E-state index contributed by atoms with van der Waals surface area (Å²) in [7, 11) is 2.08. The van der Waals surface area contributed by atoms with Crippen LogP contribution in [0.1, 0.15) is 10.4 Å². The zero-order valence-electron chi connectivity index (χ0n) is 11.1. The number of morpholine rings is 1. The van der Waals surface area contributed by atoms with Gasteiger partial charge in [0.05, 0.1) is 24.3 Å². The third kappa shape index (κ3) is 2.32. The van der Waals surface area contributed by atoms with Crippen LogP contribution in [0.3, 0.4) is 0 Å². The summed E-state index contributed by atoms with van der Waals surface area (Å²) >= 11 is 5.78. The number of ether oxygens (including phenoxy) is 1. The summed E-state index contributed by atoms with van der Waals surface area (Å²) in [5, 5.41) is 8.01. The smallest absolute Gasteiger partial charge is 0.252 e. The molecule has 0 saturated carbocycles. The van der Waals surface area contributed by atoms with Crippen LogP contribution in [-0.4, -0.2) is 66.4 Å². The quantitative estimate of drug-likeness (QED) is 0.810.